The van der Waals surface area contributed by atoms with Crippen molar-refractivity contribution in [2.45, 2.75) is 31.9 Å². The molecular formula is C20H22N2O4. The Hall–Kier alpha value is -2.63. The predicted octanol–water partition coefficient (Wildman–Crippen LogP) is 1.62. The maximum atomic E-state index is 12.6. The molecule has 0 unspecified atom stereocenters. The van der Waals surface area contributed by atoms with Gasteiger partial charge in [-0.15, -0.1) is 0 Å². The van der Waals surface area contributed by atoms with Gasteiger partial charge in [-0.2, -0.15) is 0 Å². The van der Waals surface area contributed by atoms with Crippen LogP contribution in [0.25, 0.3) is 0 Å². The fraction of sp³-hybridized carbons (Fsp3) is 0.450. The van der Waals surface area contributed by atoms with E-state index < -0.39 is 6.10 Å². The number of amides is 3. The molecule has 26 heavy (non-hydrogen) atoms. The van der Waals surface area contributed by atoms with E-state index >= 15 is 0 Å². The number of ether oxygens (including phenoxy) is 1. The van der Waals surface area contributed by atoms with Crippen molar-refractivity contribution in [1.82, 2.24) is 9.80 Å². The summed E-state index contributed by atoms with van der Waals surface area (Å²) in [5.41, 5.74) is 0. The lowest BCUT2D eigenvalue weighted by atomic mass is 9.85. The average molecular weight is 354 g/mol. The first-order valence-corrected chi connectivity index (χ1v) is 9.08. The van der Waals surface area contributed by atoms with Crippen molar-refractivity contribution >= 4 is 17.7 Å². The number of benzene rings is 1. The first-order valence-electron chi connectivity index (χ1n) is 9.08. The molecule has 136 valence electrons. The highest BCUT2D eigenvalue weighted by atomic mass is 16.5. The van der Waals surface area contributed by atoms with Gasteiger partial charge in [-0.25, -0.2) is 0 Å². The van der Waals surface area contributed by atoms with Crippen molar-refractivity contribution in [3.63, 3.8) is 0 Å². The average Bonchev–Trinajstić information content (AvgIpc) is 2.87. The van der Waals surface area contributed by atoms with Crippen LogP contribution in [0.3, 0.4) is 0 Å². The number of hydrogen-bond acceptors (Lipinski definition) is 4. The minimum Gasteiger partial charge on any atom is -0.481 e. The first-order chi connectivity index (χ1) is 12.6. The normalized spacial score (nSPS) is 26.5. The Morgan fingerprint density at radius 3 is 2.19 bits per heavy atom. The quantitative estimate of drug-likeness (QED) is 0.609. The third kappa shape index (κ3) is 2.79. The zero-order valence-corrected chi connectivity index (χ0v) is 14.7. The van der Waals surface area contributed by atoms with E-state index in [1.807, 2.05) is 30.4 Å². The van der Waals surface area contributed by atoms with Crippen LogP contribution in [0, 0.1) is 11.8 Å². The molecule has 6 nitrogen and oxygen atoms in total. The molecule has 0 radical (unpaired) electrons. The van der Waals surface area contributed by atoms with Crippen LogP contribution in [0.1, 0.15) is 19.8 Å². The number of hydrogen-bond donors (Lipinski definition) is 0. The molecule has 6 heteroatoms. The summed E-state index contributed by atoms with van der Waals surface area (Å²) in [6, 6.07) is 9.00. The fourth-order valence-electron chi connectivity index (χ4n) is 4.00. The third-order valence-corrected chi connectivity index (χ3v) is 5.48. The van der Waals surface area contributed by atoms with Gasteiger partial charge in [0.25, 0.3) is 5.91 Å². The van der Waals surface area contributed by atoms with Gasteiger partial charge in [0.2, 0.25) is 11.8 Å². The smallest absolute Gasteiger partial charge is 0.263 e. The molecule has 1 aromatic rings. The van der Waals surface area contributed by atoms with Crippen molar-refractivity contribution in [3.05, 3.63) is 42.5 Å². The Morgan fingerprint density at radius 1 is 1.04 bits per heavy atom. The van der Waals surface area contributed by atoms with Gasteiger partial charge in [-0.3, -0.25) is 19.3 Å². The zero-order chi connectivity index (χ0) is 18.3. The van der Waals surface area contributed by atoms with Gasteiger partial charge in [0.1, 0.15) is 5.75 Å². The van der Waals surface area contributed by atoms with Crippen LogP contribution in [0.5, 0.6) is 5.75 Å². The van der Waals surface area contributed by atoms with E-state index in [1.54, 1.807) is 24.0 Å². The topological polar surface area (TPSA) is 66.9 Å². The summed E-state index contributed by atoms with van der Waals surface area (Å²) >= 11 is 0. The summed E-state index contributed by atoms with van der Waals surface area (Å²) in [5.74, 6) is -0.0459. The Bertz CT molecular complexity index is 728. The summed E-state index contributed by atoms with van der Waals surface area (Å²) < 4.78 is 5.67. The van der Waals surface area contributed by atoms with Crippen molar-refractivity contribution < 1.29 is 19.1 Å². The number of para-hydroxylation sites is 1. The van der Waals surface area contributed by atoms with E-state index in [4.69, 9.17) is 4.74 Å². The molecule has 1 aromatic carbocycles. The summed E-state index contributed by atoms with van der Waals surface area (Å²) in [7, 11) is 0. The van der Waals surface area contributed by atoms with Gasteiger partial charge in [0, 0.05) is 13.1 Å². The molecule has 2 aliphatic heterocycles. The lowest BCUT2D eigenvalue weighted by Crippen LogP contribution is -2.64. The molecule has 3 aliphatic rings. The van der Waals surface area contributed by atoms with Crippen LogP contribution < -0.4 is 4.74 Å². The Balaban J connectivity index is 1.34. The summed E-state index contributed by atoms with van der Waals surface area (Å²) in [5, 5.41) is 0. The number of carbonyl (C=O) groups is 3. The Kier molecular flexibility index (Phi) is 4.26. The lowest BCUT2D eigenvalue weighted by molar-refractivity contribution is -0.155. The highest BCUT2D eigenvalue weighted by Gasteiger charge is 2.52. The van der Waals surface area contributed by atoms with Crippen LogP contribution >= 0.6 is 0 Å². The number of allylic oxidation sites excluding steroid dienone is 2. The minimum atomic E-state index is -0.602. The predicted molar refractivity (Wildman–Crippen MR) is 94.1 cm³/mol. The van der Waals surface area contributed by atoms with Crippen molar-refractivity contribution in [1.29, 1.82) is 0 Å². The molecule has 0 bridgehead atoms. The molecule has 0 N–H and O–H groups in total. The maximum Gasteiger partial charge on any atom is 0.263 e. The number of fused-ring (bicyclic) bond motifs is 1. The molecule has 0 aromatic heterocycles. The van der Waals surface area contributed by atoms with Crippen molar-refractivity contribution in [3.8, 4) is 5.75 Å². The monoisotopic (exact) mass is 354 g/mol. The molecular weight excluding hydrogens is 332 g/mol. The van der Waals surface area contributed by atoms with Crippen LogP contribution in [0.2, 0.25) is 0 Å². The fourth-order valence-corrected chi connectivity index (χ4v) is 4.00. The van der Waals surface area contributed by atoms with E-state index in [0.717, 1.165) is 0 Å². The standard InChI is InChI=1S/C20H22N2O4/c1-13(26-15-7-3-2-4-8-15)18(23)21-11-14(12-21)22-19(24)16-9-5-6-10-17(16)20(22)25/h2-8,13-14,16-17H,9-12H2,1H3/t13-,16-,17+/m1/s1. The van der Waals surface area contributed by atoms with Gasteiger partial charge in [-0.05, 0) is 31.9 Å². The van der Waals surface area contributed by atoms with E-state index in [1.165, 1.54) is 4.90 Å². The van der Waals surface area contributed by atoms with E-state index in [-0.39, 0.29) is 35.6 Å². The van der Waals surface area contributed by atoms with Crippen LogP contribution in [0.4, 0.5) is 0 Å². The molecule has 3 atom stereocenters. The highest BCUT2D eigenvalue weighted by Crippen LogP contribution is 2.37. The van der Waals surface area contributed by atoms with Gasteiger partial charge in [0.15, 0.2) is 6.10 Å². The second-order valence-electron chi connectivity index (χ2n) is 7.17. The molecule has 0 spiro atoms. The molecule has 1 aliphatic carbocycles. The number of likely N-dealkylation sites (tertiary alicyclic amines) is 2. The summed E-state index contributed by atoms with van der Waals surface area (Å²) in [6.07, 6.45) is 4.64. The molecule has 3 amide bonds. The van der Waals surface area contributed by atoms with Gasteiger partial charge >= 0.3 is 0 Å². The molecule has 4 rings (SSSR count). The van der Waals surface area contributed by atoms with Crippen molar-refractivity contribution in [2.75, 3.05) is 13.1 Å². The van der Waals surface area contributed by atoms with Crippen LogP contribution in [0.15, 0.2) is 42.5 Å². The SMILES string of the molecule is C[C@@H](Oc1ccccc1)C(=O)N1CC(N2C(=O)[C@H]3CC=CC[C@H]3C2=O)C1. The zero-order valence-electron chi connectivity index (χ0n) is 14.7. The Morgan fingerprint density at radius 2 is 1.62 bits per heavy atom. The summed E-state index contributed by atoms with van der Waals surface area (Å²) in [6.45, 7) is 2.51. The molecule has 2 fully saturated rings. The number of imide groups is 1. The van der Waals surface area contributed by atoms with Crippen molar-refractivity contribution in [2.24, 2.45) is 11.8 Å². The maximum absolute atomic E-state index is 12.6. The second-order valence-corrected chi connectivity index (χ2v) is 7.17. The second kappa shape index (κ2) is 6.59. The van der Waals surface area contributed by atoms with E-state index in [0.29, 0.717) is 31.7 Å². The highest BCUT2D eigenvalue weighted by molar-refractivity contribution is 6.06. The Labute approximate surface area is 152 Å². The number of carbonyl (C=O) groups excluding carboxylic acids is 3. The van der Waals surface area contributed by atoms with Crippen LogP contribution in [-0.4, -0.2) is 52.8 Å². The minimum absolute atomic E-state index is 0.0740. The number of rotatable bonds is 4. The van der Waals surface area contributed by atoms with Gasteiger partial charge in [0.05, 0.1) is 17.9 Å². The van der Waals surface area contributed by atoms with E-state index in [2.05, 4.69) is 0 Å². The number of nitrogens with zero attached hydrogens (tertiary/aromatic N) is 2. The van der Waals surface area contributed by atoms with E-state index in [9.17, 15) is 14.4 Å². The molecule has 2 saturated heterocycles. The van der Waals surface area contributed by atoms with Gasteiger partial charge in [-0.1, -0.05) is 30.4 Å². The van der Waals surface area contributed by atoms with Crippen LogP contribution in [-0.2, 0) is 14.4 Å². The van der Waals surface area contributed by atoms with Gasteiger partial charge < -0.3 is 9.64 Å². The summed E-state index contributed by atoms with van der Waals surface area (Å²) in [4.78, 5) is 40.7. The molecule has 2 heterocycles. The largest absolute Gasteiger partial charge is 0.481 e. The first kappa shape index (κ1) is 16.8. The third-order valence-electron chi connectivity index (χ3n) is 5.48. The molecule has 0 saturated carbocycles. The lowest BCUT2D eigenvalue weighted by Gasteiger charge is -2.43.